The Morgan fingerprint density at radius 1 is 1.21 bits per heavy atom. The molecule has 0 aliphatic carbocycles. The molecule has 3 N–H and O–H groups in total. The molecule has 0 saturated heterocycles. The number of hydrogen-bond acceptors (Lipinski definition) is 5. The highest BCUT2D eigenvalue weighted by Crippen LogP contribution is 2.31. The van der Waals surface area contributed by atoms with Crippen LogP contribution in [-0.4, -0.2) is 39.8 Å². The molecule has 3 aromatic rings. The third-order valence-electron chi connectivity index (χ3n) is 3.22. The molecule has 9 heteroatoms. The summed E-state index contributed by atoms with van der Waals surface area (Å²) in [5.74, 6) is 0.214. The van der Waals surface area contributed by atoms with Crippen molar-refractivity contribution in [3.8, 4) is 17.0 Å². The molecule has 0 spiro atoms. The van der Waals surface area contributed by atoms with Crippen LogP contribution in [0.25, 0.3) is 22.2 Å². The van der Waals surface area contributed by atoms with Crippen molar-refractivity contribution in [1.82, 2.24) is 15.2 Å². The number of rotatable bonds is 5. The van der Waals surface area contributed by atoms with Gasteiger partial charge in [0.05, 0.1) is 12.1 Å². The van der Waals surface area contributed by atoms with Crippen LogP contribution < -0.4 is 10.1 Å². The van der Waals surface area contributed by atoms with Crippen molar-refractivity contribution in [3.05, 3.63) is 36.5 Å². The summed E-state index contributed by atoms with van der Waals surface area (Å²) in [4.78, 5) is 4.10. The Morgan fingerprint density at radius 2 is 2.04 bits per heavy atom. The number of ether oxygens (including phenoxy) is 1. The summed E-state index contributed by atoms with van der Waals surface area (Å²) in [7, 11) is 0. The summed E-state index contributed by atoms with van der Waals surface area (Å²) >= 11 is 0. The molecule has 0 aliphatic heterocycles. The smallest absolute Gasteiger partial charge is 0.406 e. The zero-order valence-corrected chi connectivity index (χ0v) is 12.3. The average molecular weight is 338 g/mol. The van der Waals surface area contributed by atoms with Crippen LogP contribution in [0.4, 0.5) is 19.0 Å². The number of nitrogens with zero attached hydrogens (tertiary/aromatic N) is 2. The highest BCUT2D eigenvalue weighted by atomic mass is 19.4. The van der Waals surface area contributed by atoms with Crippen LogP contribution in [0.15, 0.2) is 36.5 Å². The van der Waals surface area contributed by atoms with Gasteiger partial charge in [0, 0.05) is 23.7 Å². The molecule has 3 rings (SSSR count). The largest absolute Gasteiger partial charge is 0.573 e. The van der Waals surface area contributed by atoms with Crippen LogP contribution in [0.3, 0.4) is 0 Å². The number of nitrogens with one attached hydrogen (secondary N) is 2. The molecule has 0 amide bonds. The minimum Gasteiger partial charge on any atom is -0.406 e. The van der Waals surface area contributed by atoms with Gasteiger partial charge >= 0.3 is 6.36 Å². The van der Waals surface area contributed by atoms with Gasteiger partial charge in [0.15, 0.2) is 0 Å². The first-order valence-corrected chi connectivity index (χ1v) is 7.01. The molecule has 0 atom stereocenters. The van der Waals surface area contributed by atoms with Gasteiger partial charge in [-0.25, -0.2) is 4.98 Å². The van der Waals surface area contributed by atoms with Crippen molar-refractivity contribution in [3.63, 3.8) is 0 Å². The lowest BCUT2D eigenvalue weighted by atomic mass is 10.1. The van der Waals surface area contributed by atoms with E-state index in [1.165, 1.54) is 18.2 Å². The van der Waals surface area contributed by atoms with Crippen LogP contribution in [-0.2, 0) is 0 Å². The second-order valence-electron chi connectivity index (χ2n) is 4.91. The molecule has 2 aromatic heterocycles. The summed E-state index contributed by atoms with van der Waals surface area (Å²) in [6.45, 7) is 0.288. The predicted molar refractivity (Wildman–Crippen MR) is 81.6 cm³/mol. The number of H-pyrrole nitrogens is 1. The van der Waals surface area contributed by atoms with Gasteiger partial charge < -0.3 is 15.2 Å². The Morgan fingerprint density at radius 3 is 2.79 bits per heavy atom. The van der Waals surface area contributed by atoms with Gasteiger partial charge in [-0.15, -0.1) is 13.2 Å². The maximum Gasteiger partial charge on any atom is 0.573 e. The van der Waals surface area contributed by atoms with Crippen LogP contribution in [0.2, 0.25) is 0 Å². The Labute approximate surface area is 134 Å². The molecule has 0 saturated carbocycles. The number of fused-ring (bicyclic) bond motifs is 1. The Kier molecular flexibility index (Phi) is 4.26. The zero-order valence-electron chi connectivity index (χ0n) is 12.3. The topological polar surface area (TPSA) is 83.1 Å². The van der Waals surface area contributed by atoms with Gasteiger partial charge in [-0.05, 0) is 30.3 Å². The summed E-state index contributed by atoms with van der Waals surface area (Å²) < 4.78 is 41.1. The zero-order chi connectivity index (χ0) is 17.2. The first kappa shape index (κ1) is 16.1. The number of halogens is 3. The lowest BCUT2D eigenvalue weighted by molar-refractivity contribution is -0.274. The molecule has 0 radical (unpaired) electrons. The number of aliphatic hydroxyl groups is 1. The summed E-state index contributed by atoms with van der Waals surface area (Å²) in [5, 5.41) is 19.2. The number of aromatic amines is 1. The lowest BCUT2D eigenvalue weighted by Gasteiger charge is -2.09. The molecule has 0 aliphatic rings. The number of pyridine rings is 1. The Hall–Kier alpha value is -2.81. The fraction of sp³-hybridized carbons (Fsp3) is 0.200. The van der Waals surface area contributed by atoms with Crippen LogP contribution in [0.1, 0.15) is 0 Å². The third-order valence-corrected chi connectivity index (χ3v) is 3.22. The average Bonchev–Trinajstić information content (AvgIpc) is 2.95. The van der Waals surface area contributed by atoms with Crippen LogP contribution in [0.5, 0.6) is 5.75 Å². The van der Waals surface area contributed by atoms with Crippen molar-refractivity contribution >= 4 is 16.7 Å². The molecule has 0 bridgehead atoms. The number of hydrogen-bond donors (Lipinski definition) is 3. The number of alkyl halides is 3. The van der Waals surface area contributed by atoms with E-state index in [4.69, 9.17) is 5.11 Å². The third kappa shape index (κ3) is 3.57. The van der Waals surface area contributed by atoms with Gasteiger partial charge in [-0.3, -0.25) is 5.10 Å². The highest BCUT2D eigenvalue weighted by molar-refractivity contribution is 5.94. The molecule has 24 heavy (non-hydrogen) atoms. The molecule has 126 valence electrons. The minimum absolute atomic E-state index is 0.0462. The maximum atomic E-state index is 12.4. The van der Waals surface area contributed by atoms with Crippen molar-refractivity contribution in [2.45, 2.75) is 6.36 Å². The SMILES string of the molecule is OCCNc1cc(-c2n[nH]c3ccc(OC(F)(F)F)cc23)ccn1. The first-order chi connectivity index (χ1) is 11.5. The van der Waals surface area contributed by atoms with E-state index in [2.05, 4.69) is 25.2 Å². The van der Waals surface area contributed by atoms with E-state index in [1.807, 2.05) is 0 Å². The van der Waals surface area contributed by atoms with Crippen molar-refractivity contribution < 1.29 is 23.0 Å². The molecular weight excluding hydrogens is 325 g/mol. The monoisotopic (exact) mass is 338 g/mol. The van der Waals surface area contributed by atoms with Gasteiger partial charge in [-0.1, -0.05) is 0 Å². The molecule has 0 fully saturated rings. The number of aromatic nitrogens is 3. The van der Waals surface area contributed by atoms with E-state index < -0.39 is 6.36 Å². The quantitative estimate of drug-likeness (QED) is 0.666. The Bertz CT molecular complexity index is 848. The van der Waals surface area contributed by atoms with E-state index in [0.717, 1.165) is 0 Å². The van der Waals surface area contributed by atoms with E-state index in [0.29, 0.717) is 34.5 Å². The second kappa shape index (κ2) is 6.36. The molecule has 2 heterocycles. The molecule has 6 nitrogen and oxygen atoms in total. The van der Waals surface area contributed by atoms with Gasteiger partial charge in [0.25, 0.3) is 0 Å². The fourth-order valence-electron chi connectivity index (χ4n) is 2.27. The van der Waals surface area contributed by atoms with E-state index >= 15 is 0 Å². The maximum absolute atomic E-state index is 12.4. The van der Waals surface area contributed by atoms with Crippen LogP contribution in [0, 0.1) is 0 Å². The number of anilines is 1. The van der Waals surface area contributed by atoms with E-state index in [9.17, 15) is 13.2 Å². The Balaban J connectivity index is 1.98. The highest BCUT2D eigenvalue weighted by Gasteiger charge is 2.31. The summed E-state index contributed by atoms with van der Waals surface area (Å²) in [5.41, 5.74) is 1.73. The van der Waals surface area contributed by atoms with Crippen molar-refractivity contribution in [1.29, 1.82) is 0 Å². The minimum atomic E-state index is -4.75. The molecular formula is C15H13F3N4O2. The molecule has 0 unspecified atom stereocenters. The van der Waals surface area contributed by atoms with Gasteiger partial charge in [-0.2, -0.15) is 5.10 Å². The number of aliphatic hydroxyl groups excluding tert-OH is 1. The lowest BCUT2D eigenvalue weighted by Crippen LogP contribution is -2.16. The number of benzene rings is 1. The van der Waals surface area contributed by atoms with Crippen LogP contribution >= 0.6 is 0 Å². The first-order valence-electron chi connectivity index (χ1n) is 7.01. The van der Waals surface area contributed by atoms with Gasteiger partial charge in [0.2, 0.25) is 0 Å². The van der Waals surface area contributed by atoms with E-state index in [1.54, 1.807) is 18.3 Å². The second-order valence-corrected chi connectivity index (χ2v) is 4.91. The van der Waals surface area contributed by atoms with E-state index in [-0.39, 0.29) is 12.4 Å². The predicted octanol–water partition coefficient (Wildman–Crippen LogP) is 2.93. The standard InChI is InChI=1S/C15H13F3N4O2/c16-15(17,18)24-10-1-2-12-11(8-10)14(22-21-12)9-3-4-19-13(7-9)20-5-6-23/h1-4,7-8,23H,5-6H2,(H,19,20)(H,21,22). The van der Waals surface area contributed by atoms with Crippen molar-refractivity contribution in [2.24, 2.45) is 0 Å². The fourth-order valence-corrected chi connectivity index (χ4v) is 2.27. The molecule has 1 aromatic carbocycles. The van der Waals surface area contributed by atoms with Crippen molar-refractivity contribution in [2.75, 3.05) is 18.5 Å². The summed E-state index contributed by atoms with van der Waals surface area (Å²) in [6, 6.07) is 7.36. The normalized spacial score (nSPS) is 11.7. The van der Waals surface area contributed by atoms with Gasteiger partial charge in [0.1, 0.15) is 17.3 Å². The summed E-state index contributed by atoms with van der Waals surface area (Å²) in [6.07, 6.45) is -3.21.